The first kappa shape index (κ1) is 15.7. The van der Waals surface area contributed by atoms with Gasteiger partial charge in [0.25, 0.3) is 0 Å². The Hall–Kier alpha value is -2.17. The lowest BCUT2D eigenvalue weighted by molar-refractivity contribution is -0.121. The normalized spacial score (nSPS) is 15.4. The summed E-state index contributed by atoms with van der Waals surface area (Å²) in [5.41, 5.74) is 2.14. The number of hydrogen-bond acceptors (Lipinski definition) is 2. The van der Waals surface area contributed by atoms with Gasteiger partial charge in [0.2, 0.25) is 5.91 Å². The lowest BCUT2D eigenvalue weighted by atomic mass is 9.97. The van der Waals surface area contributed by atoms with Crippen LogP contribution in [-0.2, 0) is 11.3 Å². The first-order chi connectivity index (χ1) is 11.1. The van der Waals surface area contributed by atoms with Crippen LogP contribution >= 0.6 is 0 Å². The van der Waals surface area contributed by atoms with Crippen LogP contribution in [0.5, 0.6) is 0 Å². The first-order valence-corrected chi connectivity index (χ1v) is 8.17. The van der Waals surface area contributed by atoms with Crippen molar-refractivity contribution in [3.8, 4) is 0 Å². The molecule has 1 amide bonds. The Kier molecular flexibility index (Phi) is 4.74. The van der Waals surface area contributed by atoms with E-state index in [1.54, 1.807) is 12.1 Å². The van der Waals surface area contributed by atoms with Gasteiger partial charge >= 0.3 is 0 Å². The average molecular weight is 315 g/mol. The van der Waals surface area contributed by atoms with Gasteiger partial charge in [-0.3, -0.25) is 9.48 Å². The maximum Gasteiger partial charge on any atom is 0.220 e. The SMILES string of the molecule is CC(CC(=O)NCCn1ccc(C2CC2)n1)c1ccc(F)cc1. The zero-order valence-electron chi connectivity index (χ0n) is 13.3. The second-order valence-electron chi connectivity index (χ2n) is 6.28. The van der Waals surface area contributed by atoms with Crippen molar-refractivity contribution in [3.63, 3.8) is 0 Å². The smallest absolute Gasteiger partial charge is 0.220 e. The van der Waals surface area contributed by atoms with E-state index >= 15 is 0 Å². The van der Waals surface area contributed by atoms with E-state index in [1.165, 1.54) is 30.7 Å². The summed E-state index contributed by atoms with van der Waals surface area (Å²) < 4.78 is 14.8. The molecule has 0 radical (unpaired) electrons. The largest absolute Gasteiger partial charge is 0.354 e. The molecular weight excluding hydrogens is 293 g/mol. The molecular formula is C18H22FN3O. The predicted molar refractivity (Wildman–Crippen MR) is 86.6 cm³/mol. The van der Waals surface area contributed by atoms with Crippen molar-refractivity contribution in [1.82, 2.24) is 15.1 Å². The maximum atomic E-state index is 12.9. The van der Waals surface area contributed by atoms with Crippen LogP contribution in [0.25, 0.3) is 0 Å². The van der Waals surface area contributed by atoms with Gasteiger partial charge in [0.1, 0.15) is 5.82 Å². The highest BCUT2D eigenvalue weighted by Crippen LogP contribution is 2.38. The molecule has 0 saturated heterocycles. The molecule has 1 saturated carbocycles. The minimum Gasteiger partial charge on any atom is -0.354 e. The molecule has 0 bridgehead atoms. The third-order valence-electron chi connectivity index (χ3n) is 4.25. The summed E-state index contributed by atoms with van der Waals surface area (Å²) in [6, 6.07) is 8.39. The summed E-state index contributed by atoms with van der Waals surface area (Å²) in [6.45, 7) is 3.23. The number of aromatic nitrogens is 2. The second kappa shape index (κ2) is 6.94. The van der Waals surface area contributed by atoms with E-state index in [4.69, 9.17) is 0 Å². The van der Waals surface area contributed by atoms with Crippen molar-refractivity contribution in [1.29, 1.82) is 0 Å². The van der Waals surface area contributed by atoms with Crippen LogP contribution in [0, 0.1) is 5.82 Å². The van der Waals surface area contributed by atoms with Gasteiger partial charge in [-0.2, -0.15) is 5.10 Å². The lowest BCUT2D eigenvalue weighted by Gasteiger charge is -2.12. The summed E-state index contributed by atoms with van der Waals surface area (Å²) in [7, 11) is 0. The monoisotopic (exact) mass is 315 g/mol. The molecule has 1 atom stereocenters. The van der Waals surface area contributed by atoms with Crippen LogP contribution < -0.4 is 5.32 Å². The summed E-state index contributed by atoms with van der Waals surface area (Å²) in [6.07, 6.45) is 4.86. The molecule has 2 aromatic rings. The lowest BCUT2D eigenvalue weighted by Crippen LogP contribution is -2.28. The van der Waals surface area contributed by atoms with Gasteiger partial charge in [-0.1, -0.05) is 19.1 Å². The molecule has 3 rings (SSSR count). The van der Waals surface area contributed by atoms with E-state index in [0.717, 1.165) is 5.56 Å². The van der Waals surface area contributed by atoms with Gasteiger partial charge in [0, 0.05) is 25.1 Å². The topological polar surface area (TPSA) is 46.9 Å². The first-order valence-electron chi connectivity index (χ1n) is 8.17. The fourth-order valence-corrected chi connectivity index (χ4v) is 2.67. The number of rotatable bonds is 7. The fourth-order valence-electron chi connectivity index (χ4n) is 2.67. The van der Waals surface area contributed by atoms with E-state index < -0.39 is 0 Å². The summed E-state index contributed by atoms with van der Waals surface area (Å²) in [5, 5.41) is 7.44. The Bertz CT molecular complexity index is 661. The Labute approximate surface area is 135 Å². The van der Waals surface area contributed by atoms with Gasteiger partial charge in [0.15, 0.2) is 0 Å². The van der Waals surface area contributed by atoms with Crippen LogP contribution in [0.3, 0.4) is 0 Å². The molecule has 122 valence electrons. The molecule has 1 aliphatic rings. The van der Waals surface area contributed by atoms with Crippen molar-refractivity contribution in [2.45, 2.75) is 44.6 Å². The number of halogens is 1. The van der Waals surface area contributed by atoms with Crippen molar-refractivity contribution < 1.29 is 9.18 Å². The average Bonchev–Trinajstić information content (AvgIpc) is 3.27. The summed E-state index contributed by atoms with van der Waals surface area (Å²) in [4.78, 5) is 12.0. The van der Waals surface area contributed by atoms with Gasteiger partial charge in [-0.05, 0) is 42.5 Å². The van der Waals surface area contributed by atoms with E-state index in [0.29, 0.717) is 25.4 Å². The quantitative estimate of drug-likeness (QED) is 0.853. The highest BCUT2D eigenvalue weighted by atomic mass is 19.1. The third-order valence-corrected chi connectivity index (χ3v) is 4.25. The Morgan fingerprint density at radius 2 is 2.09 bits per heavy atom. The van der Waals surface area contributed by atoms with Gasteiger partial charge in [-0.15, -0.1) is 0 Å². The summed E-state index contributed by atoms with van der Waals surface area (Å²) in [5.74, 6) is 0.482. The van der Waals surface area contributed by atoms with Crippen LogP contribution in [0.4, 0.5) is 4.39 Å². The minimum absolute atomic E-state index is 0.0106. The molecule has 1 N–H and O–H groups in total. The van der Waals surface area contributed by atoms with Crippen molar-refractivity contribution in [2.75, 3.05) is 6.54 Å². The second-order valence-corrected chi connectivity index (χ2v) is 6.28. The van der Waals surface area contributed by atoms with Crippen LogP contribution in [0.15, 0.2) is 36.5 Å². The highest BCUT2D eigenvalue weighted by Gasteiger charge is 2.25. The molecule has 1 aromatic carbocycles. The Morgan fingerprint density at radius 1 is 1.35 bits per heavy atom. The van der Waals surface area contributed by atoms with E-state index in [1.807, 2.05) is 17.8 Å². The zero-order chi connectivity index (χ0) is 16.2. The molecule has 1 aliphatic carbocycles. The van der Waals surface area contributed by atoms with Crippen molar-refractivity contribution in [2.24, 2.45) is 0 Å². The van der Waals surface area contributed by atoms with Crippen LogP contribution in [0.2, 0.25) is 0 Å². The number of hydrogen-bond donors (Lipinski definition) is 1. The molecule has 5 heteroatoms. The highest BCUT2D eigenvalue weighted by molar-refractivity contribution is 5.76. The van der Waals surface area contributed by atoms with Crippen molar-refractivity contribution >= 4 is 5.91 Å². The van der Waals surface area contributed by atoms with Gasteiger partial charge in [0.05, 0.1) is 12.2 Å². The van der Waals surface area contributed by atoms with E-state index in [9.17, 15) is 9.18 Å². The molecule has 1 fully saturated rings. The maximum absolute atomic E-state index is 12.9. The number of amides is 1. The van der Waals surface area contributed by atoms with Gasteiger partial charge in [-0.25, -0.2) is 4.39 Å². The predicted octanol–water partition coefficient (Wildman–Crippen LogP) is 3.21. The molecule has 0 aliphatic heterocycles. The zero-order valence-corrected chi connectivity index (χ0v) is 13.3. The number of nitrogens with one attached hydrogen (secondary N) is 1. The minimum atomic E-state index is -0.254. The third kappa shape index (κ3) is 4.41. The fraction of sp³-hybridized carbons (Fsp3) is 0.444. The van der Waals surface area contributed by atoms with Crippen LogP contribution in [-0.4, -0.2) is 22.2 Å². The van der Waals surface area contributed by atoms with E-state index in [-0.39, 0.29) is 17.6 Å². The Morgan fingerprint density at radius 3 is 2.78 bits per heavy atom. The molecule has 0 spiro atoms. The van der Waals surface area contributed by atoms with Crippen molar-refractivity contribution in [3.05, 3.63) is 53.6 Å². The molecule has 1 heterocycles. The Balaban J connectivity index is 1.40. The molecule has 1 unspecified atom stereocenters. The van der Waals surface area contributed by atoms with Gasteiger partial charge < -0.3 is 5.32 Å². The molecule has 1 aromatic heterocycles. The summed E-state index contributed by atoms with van der Waals surface area (Å²) >= 11 is 0. The number of carbonyl (C=O) groups excluding carboxylic acids is 1. The van der Waals surface area contributed by atoms with E-state index in [2.05, 4.69) is 16.5 Å². The number of benzene rings is 1. The standard InChI is InChI=1S/C18H22FN3O/c1-13(14-4-6-16(19)7-5-14)12-18(23)20-9-11-22-10-8-17(21-22)15-2-3-15/h4-8,10,13,15H,2-3,9,11-12H2,1H3,(H,20,23). The van der Waals surface area contributed by atoms with Crippen LogP contribution in [0.1, 0.15) is 49.3 Å². The molecule has 23 heavy (non-hydrogen) atoms. The number of carbonyl (C=O) groups is 1. The molecule has 4 nitrogen and oxygen atoms in total. The number of nitrogens with zero attached hydrogens (tertiary/aromatic N) is 2.